The molecule has 0 bridgehead atoms. The van der Waals surface area contributed by atoms with Crippen molar-refractivity contribution in [2.75, 3.05) is 26.2 Å². The molecule has 1 atom stereocenters. The fourth-order valence-corrected chi connectivity index (χ4v) is 3.62. The minimum atomic E-state index is -0.272. The van der Waals surface area contributed by atoms with Crippen LogP contribution >= 0.6 is 0 Å². The molecule has 1 aliphatic heterocycles. The molecule has 2 amide bonds. The van der Waals surface area contributed by atoms with Crippen LogP contribution in [0.5, 0.6) is 0 Å². The van der Waals surface area contributed by atoms with Crippen molar-refractivity contribution in [1.29, 1.82) is 0 Å². The number of nitrogens with zero attached hydrogens (tertiary/aromatic N) is 1. The first-order valence-corrected chi connectivity index (χ1v) is 9.59. The van der Waals surface area contributed by atoms with E-state index in [4.69, 9.17) is 0 Å². The second-order valence-electron chi connectivity index (χ2n) is 7.16. The van der Waals surface area contributed by atoms with Crippen LogP contribution in [0.3, 0.4) is 0 Å². The molecule has 5 nitrogen and oxygen atoms in total. The van der Waals surface area contributed by atoms with E-state index in [1.807, 2.05) is 41.3 Å². The summed E-state index contributed by atoms with van der Waals surface area (Å²) in [6.07, 6.45) is 0.303. The van der Waals surface area contributed by atoms with Crippen LogP contribution in [-0.2, 0) is 16.1 Å². The smallest absolute Gasteiger partial charge is 0.225 e. The van der Waals surface area contributed by atoms with Crippen molar-refractivity contribution in [3.8, 4) is 0 Å². The lowest BCUT2D eigenvalue weighted by molar-refractivity contribution is -0.917. The molecule has 0 aliphatic carbocycles. The van der Waals surface area contributed by atoms with E-state index >= 15 is 0 Å². The van der Waals surface area contributed by atoms with E-state index in [1.165, 1.54) is 17.4 Å². The highest BCUT2D eigenvalue weighted by molar-refractivity contribution is 5.79. The van der Waals surface area contributed by atoms with Crippen LogP contribution in [0.25, 0.3) is 0 Å². The number of nitrogens with one attached hydrogen (secondary N) is 2. The number of carbonyl (C=O) groups excluding carboxylic acids is 2. The Morgan fingerprint density at radius 2 is 1.59 bits per heavy atom. The van der Waals surface area contributed by atoms with Gasteiger partial charge in [-0.05, 0) is 5.56 Å². The highest BCUT2D eigenvalue weighted by atomic mass is 16.2. The average molecular weight is 366 g/mol. The largest absolute Gasteiger partial charge is 0.349 e. The quantitative estimate of drug-likeness (QED) is 0.807. The summed E-state index contributed by atoms with van der Waals surface area (Å²) < 4.78 is 0. The van der Waals surface area contributed by atoms with Crippen molar-refractivity contribution in [3.05, 3.63) is 71.8 Å². The van der Waals surface area contributed by atoms with E-state index in [-0.39, 0.29) is 17.9 Å². The topological polar surface area (TPSA) is 53.9 Å². The van der Waals surface area contributed by atoms with Crippen molar-refractivity contribution in [3.63, 3.8) is 0 Å². The molecule has 1 heterocycles. The lowest BCUT2D eigenvalue weighted by atomic mass is 10.0. The zero-order valence-corrected chi connectivity index (χ0v) is 15.9. The average Bonchev–Trinajstić information content (AvgIpc) is 2.69. The predicted octanol–water partition coefficient (Wildman–Crippen LogP) is 1.18. The molecule has 1 saturated heterocycles. The SMILES string of the molecule is CC(=O)N[C@@H](CC(=O)N1CC[NH+](Cc2ccccc2)CC1)c1ccccc1. The third-order valence-electron chi connectivity index (χ3n) is 5.08. The summed E-state index contributed by atoms with van der Waals surface area (Å²) in [6.45, 7) is 5.94. The van der Waals surface area contributed by atoms with Crippen molar-refractivity contribution in [1.82, 2.24) is 10.2 Å². The minimum absolute atomic E-state index is 0.108. The Morgan fingerprint density at radius 3 is 2.19 bits per heavy atom. The van der Waals surface area contributed by atoms with Crippen molar-refractivity contribution >= 4 is 11.8 Å². The normalized spacial score (nSPS) is 16.0. The second kappa shape index (κ2) is 9.33. The minimum Gasteiger partial charge on any atom is -0.349 e. The zero-order chi connectivity index (χ0) is 19.1. The lowest BCUT2D eigenvalue weighted by Crippen LogP contribution is -3.13. The van der Waals surface area contributed by atoms with E-state index in [9.17, 15) is 9.59 Å². The van der Waals surface area contributed by atoms with Gasteiger partial charge in [-0.1, -0.05) is 60.7 Å². The van der Waals surface area contributed by atoms with Crippen LogP contribution in [0.4, 0.5) is 0 Å². The van der Waals surface area contributed by atoms with E-state index in [2.05, 4.69) is 29.6 Å². The molecule has 2 aromatic carbocycles. The Labute approximate surface area is 161 Å². The number of hydrogen-bond donors (Lipinski definition) is 2. The van der Waals surface area contributed by atoms with Crippen molar-refractivity contribution < 1.29 is 14.5 Å². The summed E-state index contributed by atoms with van der Waals surface area (Å²) in [5, 5.41) is 2.92. The molecular weight excluding hydrogens is 338 g/mol. The van der Waals surface area contributed by atoms with Gasteiger partial charge in [-0.25, -0.2) is 0 Å². The molecule has 0 unspecified atom stereocenters. The summed E-state index contributed by atoms with van der Waals surface area (Å²) in [5.74, 6) is -0.00913. The number of rotatable bonds is 6. The maximum atomic E-state index is 12.8. The number of benzene rings is 2. The molecule has 5 heteroatoms. The van der Waals surface area contributed by atoms with Crippen LogP contribution < -0.4 is 10.2 Å². The van der Waals surface area contributed by atoms with Gasteiger partial charge in [0.25, 0.3) is 0 Å². The van der Waals surface area contributed by atoms with Crippen molar-refractivity contribution in [2.45, 2.75) is 25.9 Å². The molecule has 2 N–H and O–H groups in total. The monoisotopic (exact) mass is 366 g/mol. The summed E-state index contributed by atoms with van der Waals surface area (Å²) >= 11 is 0. The van der Waals surface area contributed by atoms with Gasteiger partial charge in [0.2, 0.25) is 11.8 Å². The van der Waals surface area contributed by atoms with Gasteiger partial charge < -0.3 is 15.1 Å². The Kier molecular flexibility index (Phi) is 6.60. The standard InChI is InChI=1S/C22H27N3O2/c1-18(26)23-21(20-10-6-3-7-11-20)16-22(27)25-14-12-24(13-15-25)17-19-8-4-2-5-9-19/h2-11,21H,12-17H2,1H3,(H,23,26)/p+1/t21-/m0/s1. The van der Waals surface area contributed by atoms with E-state index in [1.54, 1.807) is 0 Å². The summed E-state index contributed by atoms with van der Waals surface area (Å²) in [4.78, 5) is 27.8. The lowest BCUT2D eigenvalue weighted by Gasteiger charge is -2.33. The number of quaternary nitrogens is 1. The number of hydrogen-bond acceptors (Lipinski definition) is 2. The van der Waals surface area contributed by atoms with Crippen LogP contribution in [0.2, 0.25) is 0 Å². The molecule has 1 aliphatic rings. The maximum Gasteiger partial charge on any atom is 0.225 e. The van der Waals surface area contributed by atoms with Crippen molar-refractivity contribution in [2.24, 2.45) is 0 Å². The molecule has 0 saturated carbocycles. The van der Waals surface area contributed by atoms with Gasteiger partial charge >= 0.3 is 0 Å². The molecule has 2 aromatic rings. The number of amides is 2. The predicted molar refractivity (Wildman–Crippen MR) is 105 cm³/mol. The molecule has 1 fully saturated rings. The molecule has 0 spiro atoms. The maximum absolute atomic E-state index is 12.8. The number of piperazine rings is 1. The van der Waals surface area contributed by atoms with E-state index in [0.29, 0.717) is 6.42 Å². The highest BCUT2D eigenvalue weighted by Gasteiger charge is 2.26. The fraction of sp³-hybridized carbons (Fsp3) is 0.364. The van der Waals surface area contributed by atoms with Crippen LogP contribution in [0.1, 0.15) is 30.5 Å². The van der Waals surface area contributed by atoms with Gasteiger partial charge in [0.05, 0.1) is 38.6 Å². The first kappa shape index (κ1) is 19.1. The third kappa shape index (κ3) is 5.66. The summed E-state index contributed by atoms with van der Waals surface area (Å²) in [7, 11) is 0. The fourth-order valence-electron chi connectivity index (χ4n) is 3.62. The molecule has 27 heavy (non-hydrogen) atoms. The van der Waals surface area contributed by atoms with Gasteiger partial charge in [0, 0.05) is 12.5 Å². The van der Waals surface area contributed by atoms with Gasteiger partial charge in [0.1, 0.15) is 6.54 Å². The third-order valence-corrected chi connectivity index (χ3v) is 5.08. The van der Waals surface area contributed by atoms with E-state index < -0.39 is 0 Å². The van der Waals surface area contributed by atoms with Gasteiger partial charge in [-0.15, -0.1) is 0 Å². The summed E-state index contributed by atoms with van der Waals surface area (Å²) in [5.41, 5.74) is 2.30. The molecule has 3 rings (SSSR count). The van der Waals surface area contributed by atoms with Crippen LogP contribution in [-0.4, -0.2) is 42.9 Å². The summed E-state index contributed by atoms with van der Waals surface area (Å²) in [6, 6.07) is 19.9. The van der Waals surface area contributed by atoms with Gasteiger partial charge in [-0.3, -0.25) is 9.59 Å². The molecule has 142 valence electrons. The molecule has 0 radical (unpaired) electrons. The number of carbonyl (C=O) groups is 2. The Hall–Kier alpha value is -2.66. The highest BCUT2D eigenvalue weighted by Crippen LogP contribution is 2.18. The molecule has 0 aromatic heterocycles. The Bertz CT molecular complexity index is 741. The van der Waals surface area contributed by atoms with Crippen LogP contribution in [0.15, 0.2) is 60.7 Å². The van der Waals surface area contributed by atoms with Gasteiger partial charge in [0.15, 0.2) is 0 Å². The Morgan fingerprint density at radius 1 is 1.00 bits per heavy atom. The molecular formula is C22H28N3O2+. The second-order valence-corrected chi connectivity index (χ2v) is 7.16. The zero-order valence-electron chi connectivity index (χ0n) is 15.9. The Balaban J connectivity index is 1.54. The van der Waals surface area contributed by atoms with E-state index in [0.717, 1.165) is 38.3 Å². The van der Waals surface area contributed by atoms with Gasteiger partial charge in [-0.2, -0.15) is 0 Å². The first-order valence-electron chi connectivity index (χ1n) is 9.59. The van der Waals surface area contributed by atoms with Crippen LogP contribution in [0, 0.1) is 0 Å². The first-order chi connectivity index (χ1) is 13.1.